The molecule has 4 nitrogen and oxygen atoms in total. The number of rotatable bonds is 12. The lowest BCUT2D eigenvalue weighted by Crippen LogP contribution is -2.12. The first-order valence-corrected chi connectivity index (χ1v) is 9.65. The van der Waals surface area contributed by atoms with Gasteiger partial charge >= 0.3 is 5.97 Å². The summed E-state index contributed by atoms with van der Waals surface area (Å²) in [7, 11) is 4.32. The van der Waals surface area contributed by atoms with Gasteiger partial charge in [0.25, 0.3) is 0 Å². The van der Waals surface area contributed by atoms with E-state index in [1.807, 2.05) is 0 Å². The fourth-order valence-corrected chi connectivity index (χ4v) is 2.57. The van der Waals surface area contributed by atoms with Gasteiger partial charge in [-0.25, -0.2) is 4.79 Å². The van der Waals surface area contributed by atoms with Gasteiger partial charge in [0, 0.05) is 0 Å². The summed E-state index contributed by atoms with van der Waals surface area (Å²) in [5.41, 5.74) is -0.0671. The van der Waals surface area contributed by atoms with Crippen LogP contribution in [0.1, 0.15) is 81.5 Å². The van der Waals surface area contributed by atoms with Gasteiger partial charge in [-0.2, -0.15) is 0 Å². The van der Waals surface area contributed by atoms with Gasteiger partial charge in [0.15, 0.2) is 0 Å². The molecule has 2 N–H and O–H groups in total. The van der Waals surface area contributed by atoms with E-state index >= 15 is 0 Å². The van der Waals surface area contributed by atoms with Crippen LogP contribution in [0.25, 0.3) is 0 Å². The van der Waals surface area contributed by atoms with Crippen molar-refractivity contribution in [3.63, 3.8) is 0 Å². The third-order valence-corrected chi connectivity index (χ3v) is 4.09. The van der Waals surface area contributed by atoms with Crippen molar-refractivity contribution in [1.82, 2.24) is 4.90 Å². The van der Waals surface area contributed by atoms with E-state index in [1.54, 1.807) is 12.1 Å². The zero-order valence-corrected chi connectivity index (χ0v) is 16.3. The largest absolute Gasteiger partial charge is 0.507 e. The molecule has 0 aliphatic carbocycles. The second-order valence-corrected chi connectivity index (χ2v) is 6.81. The highest BCUT2D eigenvalue weighted by Gasteiger charge is 2.05. The van der Waals surface area contributed by atoms with Crippen molar-refractivity contribution in [2.45, 2.75) is 71.1 Å². The molecule has 0 bridgehead atoms. The van der Waals surface area contributed by atoms with Crippen LogP contribution in [-0.4, -0.2) is 41.7 Å². The Morgan fingerprint density at radius 1 is 0.880 bits per heavy atom. The van der Waals surface area contributed by atoms with E-state index < -0.39 is 5.97 Å². The van der Waals surface area contributed by atoms with E-state index in [4.69, 9.17) is 10.2 Å². The molecule has 144 valence electrons. The van der Waals surface area contributed by atoms with E-state index in [-0.39, 0.29) is 11.3 Å². The van der Waals surface area contributed by atoms with Crippen molar-refractivity contribution in [2.24, 2.45) is 0 Å². The summed E-state index contributed by atoms with van der Waals surface area (Å²) in [5, 5.41) is 17.3. The minimum Gasteiger partial charge on any atom is -0.507 e. The Hall–Kier alpha value is -1.55. The fraction of sp³-hybridized carbons (Fsp3) is 0.667. The highest BCUT2D eigenvalue weighted by atomic mass is 16.4. The van der Waals surface area contributed by atoms with Gasteiger partial charge in [-0.15, -0.1) is 0 Å². The molecule has 0 radical (unpaired) electrons. The van der Waals surface area contributed by atoms with Crippen molar-refractivity contribution in [3.8, 4) is 5.75 Å². The van der Waals surface area contributed by atoms with Crippen molar-refractivity contribution in [2.75, 3.05) is 20.6 Å². The molecular formula is C21H37NO3. The van der Waals surface area contributed by atoms with Crippen molar-refractivity contribution in [1.29, 1.82) is 0 Å². The normalized spacial score (nSPS) is 10.4. The minimum atomic E-state index is -1.11. The Morgan fingerprint density at radius 3 is 1.76 bits per heavy atom. The van der Waals surface area contributed by atoms with Crippen LogP contribution in [0.15, 0.2) is 24.3 Å². The monoisotopic (exact) mass is 351 g/mol. The highest BCUT2D eigenvalue weighted by Crippen LogP contribution is 2.14. The van der Waals surface area contributed by atoms with Crippen LogP contribution in [0.4, 0.5) is 0 Å². The number of nitrogens with zero attached hydrogens (tertiary/aromatic N) is 1. The summed E-state index contributed by atoms with van der Waals surface area (Å²) < 4.78 is 0. The van der Waals surface area contributed by atoms with E-state index in [0.29, 0.717) is 0 Å². The highest BCUT2D eigenvalue weighted by molar-refractivity contribution is 5.90. The summed E-state index contributed by atoms with van der Waals surface area (Å²) in [6.07, 6.45) is 14.4. The average Bonchev–Trinajstić information content (AvgIpc) is 2.57. The van der Waals surface area contributed by atoms with E-state index in [2.05, 4.69) is 25.9 Å². The van der Waals surface area contributed by atoms with Crippen LogP contribution in [0, 0.1) is 0 Å². The maximum atomic E-state index is 10.3. The molecule has 0 amide bonds. The minimum absolute atomic E-state index is 0.0671. The van der Waals surface area contributed by atoms with Crippen molar-refractivity contribution >= 4 is 5.97 Å². The second-order valence-electron chi connectivity index (χ2n) is 6.81. The smallest absolute Gasteiger partial charge is 0.339 e. The molecule has 0 aliphatic rings. The van der Waals surface area contributed by atoms with Gasteiger partial charge < -0.3 is 15.1 Å². The molecule has 0 spiro atoms. The number of carboxylic acid groups (broad SMARTS) is 1. The molecule has 0 atom stereocenters. The Labute approximate surface area is 153 Å². The number of carbonyl (C=O) groups is 1. The van der Waals surface area contributed by atoms with Gasteiger partial charge in [0.1, 0.15) is 11.3 Å². The maximum Gasteiger partial charge on any atom is 0.339 e. The number of hydrogen-bond donors (Lipinski definition) is 2. The van der Waals surface area contributed by atoms with Crippen molar-refractivity contribution in [3.05, 3.63) is 29.8 Å². The number of unbranched alkanes of at least 4 members (excludes halogenated alkanes) is 9. The lowest BCUT2D eigenvalue weighted by atomic mass is 10.1. The van der Waals surface area contributed by atoms with Crippen LogP contribution in [-0.2, 0) is 0 Å². The van der Waals surface area contributed by atoms with Crippen LogP contribution in [0.2, 0.25) is 0 Å². The molecule has 0 fully saturated rings. The zero-order chi connectivity index (χ0) is 18.9. The SMILES string of the molecule is CCCCCCCCCCCCN(C)C.O=C(O)c1ccccc1O. The van der Waals surface area contributed by atoms with Crippen LogP contribution in [0.3, 0.4) is 0 Å². The first kappa shape index (κ1) is 23.4. The molecule has 0 saturated heterocycles. The van der Waals surface area contributed by atoms with Gasteiger partial charge in [-0.05, 0) is 39.2 Å². The average molecular weight is 352 g/mol. The summed E-state index contributed by atoms with van der Waals surface area (Å²) in [5.74, 6) is -1.31. The van der Waals surface area contributed by atoms with Gasteiger partial charge in [0.05, 0.1) is 0 Å². The predicted molar refractivity (Wildman–Crippen MR) is 105 cm³/mol. The molecule has 4 heteroatoms. The molecule has 0 saturated carbocycles. The topological polar surface area (TPSA) is 60.8 Å². The summed E-state index contributed by atoms with van der Waals surface area (Å²) in [4.78, 5) is 12.5. The Bertz CT molecular complexity index is 447. The molecule has 25 heavy (non-hydrogen) atoms. The van der Waals surface area contributed by atoms with Gasteiger partial charge in [0.2, 0.25) is 0 Å². The Kier molecular flexibility index (Phi) is 15.0. The molecule has 0 heterocycles. The Balaban J connectivity index is 0.000000496. The van der Waals surface area contributed by atoms with Crippen LogP contribution >= 0.6 is 0 Å². The number of carboxylic acids is 1. The first-order valence-electron chi connectivity index (χ1n) is 9.65. The van der Waals surface area contributed by atoms with Crippen molar-refractivity contribution < 1.29 is 15.0 Å². The molecule has 0 unspecified atom stereocenters. The number of aromatic carboxylic acids is 1. The molecule has 1 aromatic carbocycles. The first-order chi connectivity index (χ1) is 12.0. The number of phenols is 1. The molecular weight excluding hydrogens is 314 g/mol. The fourth-order valence-electron chi connectivity index (χ4n) is 2.57. The van der Waals surface area contributed by atoms with E-state index in [0.717, 1.165) is 0 Å². The summed E-state index contributed by atoms with van der Waals surface area (Å²) >= 11 is 0. The number of aromatic hydroxyl groups is 1. The summed E-state index contributed by atoms with van der Waals surface area (Å²) in [6.45, 7) is 3.54. The zero-order valence-electron chi connectivity index (χ0n) is 16.3. The quantitative estimate of drug-likeness (QED) is 0.484. The summed E-state index contributed by atoms with van der Waals surface area (Å²) in [6, 6.07) is 5.81. The Morgan fingerprint density at radius 2 is 1.36 bits per heavy atom. The molecule has 1 rings (SSSR count). The lowest BCUT2D eigenvalue weighted by Gasteiger charge is -2.08. The molecule has 0 aliphatic heterocycles. The molecule has 0 aromatic heterocycles. The van der Waals surface area contributed by atoms with E-state index in [1.165, 1.54) is 82.9 Å². The third kappa shape index (κ3) is 14.5. The maximum absolute atomic E-state index is 10.3. The second kappa shape index (κ2) is 15.9. The van der Waals surface area contributed by atoms with Gasteiger partial charge in [-0.1, -0.05) is 76.8 Å². The number of benzene rings is 1. The number of hydrogen-bond acceptors (Lipinski definition) is 3. The van der Waals surface area contributed by atoms with Gasteiger partial charge in [-0.3, -0.25) is 0 Å². The van der Waals surface area contributed by atoms with Crippen LogP contribution in [0.5, 0.6) is 5.75 Å². The number of para-hydroxylation sites is 1. The molecule has 1 aromatic rings. The predicted octanol–water partition coefficient (Wildman–Crippen LogP) is 5.56. The third-order valence-electron chi connectivity index (χ3n) is 4.09. The standard InChI is InChI=1S/C14H31N.C7H6O3/c1-4-5-6-7-8-9-10-11-12-13-14-15(2)3;8-6-4-2-1-3-5(6)7(9)10/h4-14H2,1-3H3;1-4,8H,(H,9,10). The van der Waals surface area contributed by atoms with Crippen LogP contribution < -0.4 is 0 Å². The van der Waals surface area contributed by atoms with E-state index in [9.17, 15) is 4.79 Å². The lowest BCUT2D eigenvalue weighted by molar-refractivity contribution is 0.0693.